The number of aryl methyl sites for hydroxylation is 1. The fourth-order valence-corrected chi connectivity index (χ4v) is 1.40. The minimum Gasteiger partial charge on any atom is -0.492 e. The fraction of sp³-hybridized carbons (Fsp3) is 0.333. The van der Waals surface area contributed by atoms with Crippen molar-refractivity contribution in [1.29, 1.82) is 0 Å². The van der Waals surface area contributed by atoms with Crippen molar-refractivity contribution in [3.63, 3.8) is 0 Å². The second kappa shape index (κ2) is 7.50. The Morgan fingerprint density at radius 3 is 2.61 bits per heavy atom. The van der Waals surface area contributed by atoms with Gasteiger partial charge in [-0.15, -0.1) is 0 Å². The van der Waals surface area contributed by atoms with Gasteiger partial charge in [0, 0.05) is 0 Å². The van der Waals surface area contributed by atoms with E-state index in [0.717, 1.165) is 12.2 Å². The van der Waals surface area contributed by atoms with Gasteiger partial charge >= 0.3 is 6.03 Å². The number of benzene rings is 1. The van der Waals surface area contributed by atoms with Crippen LogP contribution in [-0.4, -0.2) is 24.3 Å². The van der Waals surface area contributed by atoms with Crippen molar-refractivity contribution in [3.05, 3.63) is 29.8 Å². The van der Waals surface area contributed by atoms with Crippen LogP contribution in [0.4, 0.5) is 4.79 Å². The maximum atomic E-state index is 11.1. The molecule has 0 aliphatic rings. The second-order valence-electron chi connectivity index (χ2n) is 3.59. The molecule has 0 atom stereocenters. The van der Waals surface area contributed by atoms with Crippen LogP contribution in [0.2, 0.25) is 0 Å². The molecule has 0 bridgehead atoms. The minimum absolute atomic E-state index is 0.0522. The normalized spacial score (nSPS) is 9.61. The van der Waals surface area contributed by atoms with Crippen molar-refractivity contribution < 1.29 is 9.53 Å². The van der Waals surface area contributed by atoms with Crippen LogP contribution in [0.5, 0.6) is 5.75 Å². The summed E-state index contributed by atoms with van der Waals surface area (Å²) < 4.78 is 5.45. The number of thiocarbonyl (C=S) groups is 1. The first kappa shape index (κ1) is 14.2. The Balaban J connectivity index is 2.21. The molecule has 6 heteroatoms. The third kappa shape index (κ3) is 5.49. The summed E-state index contributed by atoms with van der Waals surface area (Å²) in [5.41, 5.74) is 6.40. The zero-order valence-corrected chi connectivity index (χ0v) is 11.0. The second-order valence-corrected chi connectivity index (χ2v) is 4.03. The molecule has 98 valence electrons. The van der Waals surface area contributed by atoms with Crippen LogP contribution in [0.25, 0.3) is 0 Å². The smallest absolute Gasteiger partial charge is 0.321 e. The van der Waals surface area contributed by atoms with Gasteiger partial charge in [0.25, 0.3) is 0 Å². The average molecular weight is 267 g/mol. The standard InChI is InChI=1S/C12H17N3O2S/c1-2-9-3-5-10(6-4-9)17-8-7-14-12(16)15-11(13)18/h3-6H,2,7-8H2,1H3,(H4,13,14,15,16,18). The van der Waals surface area contributed by atoms with E-state index in [1.54, 1.807) is 0 Å². The molecule has 0 radical (unpaired) electrons. The van der Waals surface area contributed by atoms with Crippen molar-refractivity contribution >= 4 is 23.4 Å². The van der Waals surface area contributed by atoms with E-state index in [-0.39, 0.29) is 5.11 Å². The van der Waals surface area contributed by atoms with Gasteiger partial charge in [-0.1, -0.05) is 19.1 Å². The molecule has 2 amide bonds. The molecule has 0 aliphatic heterocycles. The summed E-state index contributed by atoms with van der Waals surface area (Å²) in [6.07, 6.45) is 1.00. The van der Waals surface area contributed by atoms with Crippen molar-refractivity contribution in [1.82, 2.24) is 10.6 Å². The molecule has 0 saturated heterocycles. The molecule has 0 aliphatic carbocycles. The Labute approximate surface area is 112 Å². The highest BCUT2D eigenvalue weighted by Gasteiger charge is 2.00. The van der Waals surface area contributed by atoms with Crippen LogP contribution >= 0.6 is 12.2 Å². The van der Waals surface area contributed by atoms with Crippen LogP contribution in [0.15, 0.2) is 24.3 Å². The maximum Gasteiger partial charge on any atom is 0.321 e. The van der Waals surface area contributed by atoms with Gasteiger partial charge in [-0.25, -0.2) is 4.79 Å². The lowest BCUT2D eigenvalue weighted by atomic mass is 10.2. The number of nitrogens with one attached hydrogen (secondary N) is 2. The van der Waals surface area contributed by atoms with E-state index < -0.39 is 6.03 Å². The molecule has 0 spiro atoms. The molecule has 5 nitrogen and oxygen atoms in total. The van der Waals surface area contributed by atoms with E-state index >= 15 is 0 Å². The van der Waals surface area contributed by atoms with Crippen molar-refractivity contribution in [2.24, 2.45) is 5.73 Å². The zero-order chi connectivity index (χ0) is 13.4. The van der Waals surface area contributed by atoms with Gasteiger partial charge in [-0.2, -0.15) is 0 Å². The summed E-state index contributed by atoms with van der Waals surface area (Å²) in [4.78, 5) is 11.1. The molecule has 0 aromatic heterocycles. The monoisotopic (exact) mass is 267 g/mol. The third-order valence-electron chi connectivity index (χ3n) is 2.22. The SMILES string of the molecule is CCc1ccc(OCCNC(=O)NC(N)=S)cc1. The summed E-state index contributed by atoms with van der Waals surface area (Å²) in [6.45, 7) is 2.86. The van der Waals surface area contributed by atoms with E-state index in [2.05, 4.69) is 29.8 Å². The van der Waals surface area contributed by atoms with Crippen LogP contribution in [0.1, 0.15) is 12.5 Å². The highest BCUT2D eigenvalue weighted by atomic mass is 32.1. The highest BCUT2D eigenvalue weighted by molar-refractivity contribution is 7.80. The zero-order valence-electron chi connectivity index (χ0n) is 10.2. The molecule has 0 saturated carbocycles. The number of carbonyl (C=O) groups excluding carboxylic acids is 1. The first-order valence-corrected chi connectivity index (χ1v) is 6.08. The number of hydrogen-bond donors (Lipinski definition) is 3. The number of nitrogens with two attached hydrogens (primary N) is 1. The van der Waals surface area contributed by atoms with E-state index in [0.29, 0.717) is 13.2 Å². The van der Waals surface area contributed by atoms with E-state index in [4.69, 9.17) is 10.5 Å². The van der Waals surface area contributed by atoms with Crippen LogP contribution in [0.3, 0.4) is 0 Å². The minimum atomic E-state index is -0.424. The summed E-state index contributed by atoms with van der Waals surface area (Å²) in [5.74, 6) is 0.781. The van der Waals surface area contributed by atoms with Crippen molar-refractivity contribution in [2.75, 3.05) is 13.2 Å². The molecule has 1 rings (SSSR count). The Kier molecular flexibility index (Phi) is 5.93. The highest BCUT2D eigenvalue weighted by Crippen LogP contribution is 2.11. The van der Waals surface area contributed by atoms with Crippen LogP contribution in [0, 0.1) is 0 Å². The summed E-state index contributed by atoms with van der Waals surface area (Å²) in [7, 11) is 0. The quantitative estimate of drug-likeness (QED) is 0.553. The van der Waals surface area contributed by atoms with E-state index in [1.807, 2.05) is 24.3 Å². The van der Waals surface area contributed by atoms with Crippen molar-refractivity contribution in [2.45, 2.75) is 13.3 Å². The predicted molar refractivity (Wildman–Crippen MR) is 74.6 cm³/mol. The molecule has 4 N–H and O–H groups in total. The summed E-state index contributed by atoms with van der Waals surface area (Å²) >= 11 is 4.53. The van der Waals surface area contributed by atoms with Gasteiger partial charge in [0.15, 0.2) is 5.11 Å². The number of ether oxygens (including phenoxy) is 1. The van der Waals surface area contributed by atoms with Crippen LogP contribution < -0.4 is 21.1 Å². The Morgan fingerprint density at radius 1 is 1.39 bits per heavy atom. The first-order valence-electron chi connectivity index (χ1n) is 5.68. The third-order valence-corrected chi connectivity index (χ3v) is 2.33. The molecule has 0 fully saturated rings. The molecule has 18 heavy (non-hydrogen) atoms. The van der Waals surface area contributed by atoms with Gasteiger partial charge < -0.3 is 15.8 Å². The Morgan fingerprint density at radius 2 is 2.06 bits per heavy atom. The summed E-state index contributed by atoms with van der Waals surface area (Å²) in [5, 5.41) is 4.77. The predicted octanol–water partition coefficient (Wildman–Crippen LogP) is 1.17. The van der Waals surface area contributed by atoms with Gasteiger partial charge in [0.1, 0.15) is 12.4 Å². The maximum absolute atomic E-state index is 11.1. The van der Waals surface area contributed by atoms with Gasteiger partial charge in [0.05, 0.1) is 6.54 Å². The molecule has 0 heterocycles. The number of hydrogen-bond acceptors (Lipinski definition) is 3. The lowest BCUT2D eigenvalue weighted by Gasteiger charge is -2.08. The van der Waals surface area contributed by atoms with E-state index in [1.165, 1.54) is 5.56 Å². The van der Waals surface area contributed by atoms with Crippen molar-refractivity contribution in [3.8, 4) is 5.75 Å². The fourth-order valence-electron chi connectivity index (χ4n) is 1.31. The van der Waals surface area contributed by atoms with Crippen LogP contribution in [-0.2, 0) is 6.42 Å². The van der Waals surface area contributed by atoms with Gasteiger partial charge in [-0.05, 0) is 36.3 Å². The Bertz CT molecular complexity index is 406. The molecule has 0 unspecified atom stereocenters. The molecular weight excluding hydrogens is 250 g/mol. The molecule has 1 aromatic carbocycles. The van der Waals surface area contributed by atoms with E-state index in [9.17, 15) is 4.79 Å². The number of amides is 2. The molecular formula is C12H17N3O2S. The lowest BCUT2D eigenvalue weighted by Crippen LogP contribution is -2.43. The first-order chi connectivity index (χ1) is 8.61. The Hall–Kier alpha value is -1.82. The molecule has 1 aromatic rings. The number of carbonyl (C=O) groups is 1. The summed E-state index contributed by atoms with van der Waals surface area (Å²) in [6, 6.07) is 7.43. The van der Waals surface area contributed by atoms with Gasteiger partial charge in [-0.3, -0.25) is 5.32 Å². The largest absolute Gasteiger partial charge is 0.492 e. The topological polar surface area (TPSA) is 76.4 Å². The van der Waals surface area contributed by atoms with Gasteiger partial charge in [0.2, 0.25) is 0 Å². The number of urea groups is 1. The number of rotatable bonds is 5. The lowest BCUT2D eigenvalue weighted by molar-refractivity contribution is 0.241. The average Bonchev–Trinajstić information content (AvgIpc) is 2.34.